The standard InChI is InChI=1S/C18H20BrN/c1-12-7-9-16(19)18(11-12)20-17-10-8-13(2)14-5-3-4-6-15(14)17/h3-7,9,11,13,17,20H,8,10H2,1-2H3. The normalized spacial score (nSPS) is 21.4. The summed E-state index contributed by atoms with van der Waals surface area (Å²) >= 11 is 3.65. The van der Waals surface area contributed by atoms with E-state index in [1.165, 1.54) is 35.2 Å². The summed E-state index contributed by atoms with van der Waals surface area (Å²) in [5, 5.41) is 3.72. The first-order chi connectivity index (χ1) is 9.65. The van der Waals surface area contributed by atoms with Crippen LogP contribution in [0.25, 0.3) is 0 Å². The molecule has 0 heterocycles. The molecule has 3 rings (SSSR count). The van der Waals surface area contributed by atoms with E-state index >= 15 is 0 Å². The van der Waals surface area contributed by atoms with Crippen molar-refractivity contribution >= 4 is 21.6 Å². The summed E-state index contributed by atoms with van der Waals surface area (Å²) in [4.78, 5) is 0. The highest BCUT2D eigenvalue weighted by Crippen LogP contribution is 2.39. The molecule has 2 heteroatoms. The summed E-state index contributed by atoms with van der Waals surface area (Å²) in [6.45, 7) is 4.46. The molecule has 2 aromatic carbocycles. The van der Waals surface area contributed by atoms with Gasteiger partial charge in [0, 0.05) is 10.2 Å². The highest BCUT2D eigenvalue weighted by molar-refractivity contribution is 9.10. The number of anilines is 1. The highest BCUT2D eigenvalue weighted by atomic mass is 79.9. The number of hydrogen-bond donors (Lipinski definition) is 1. The summed E-state index contributed by atoms with van der Waals surface area (Å²) in [6, 6.07) is 15.7. The predicted octanol–water partition coefficient (Wildman–Crippen LogP) is 5.81. The quantitative estimate of drug-likeness (QED) is 0.733. The smallest absolute Gasteiger partial charge is 0.0517 e. The van der Waals surface area contributed by atoms with Crippen LogP contribution in [-0.4, -0.2) is 0 Å². The molecule has 0 radical (unpaired) electrons. The Balaban J connectivity index is 1.92. The van der Waals surface area contributed by atoms with Crippen molar-refractivity contribution in [2.24, 2.45) is 0 Å². The summed E-state index contributed by atoms with van der Waals surface area (Å²) in [5.41, 5.74) is 5.44. The van der Waals surface area contributed by atoms with Crippen LogP contribution in [0.2, 0.25) is 0 Å². The Bertz CT molecular complexity index is 621. The number of nitrogens with one attached hydrogen (secondary N) is 1. The summed E-state index contributed by atoms with van der Waals surface area (Å²) in [6.07, 6.45) is 2.44. The average molecular weight is 330 g/mol. The molecule has 0 saturated carbocycles. The van der Waals surface area contributed by atoms with Gasteiger partial charge >= 0.3 is 0 Å². The Morgan fingerprint density at radius 1 is 1.05 bits per heavy atom. The lowest BCUT2D eigenvalue weighted by Gasteiger charge is -2.31. The maximum absolute atomic E-state index is 3.72. The van der Waals surface area contributed by atoms with Gasteiger partial charge in [-0.25, -0.2) is 0 Å². The number of hydrogen-bond acceptors (Lipinski definition) is 1. The van der Waals surface area contributed by atoms with Gasteiger partial charge in [0.2, 0.25) is 0 Å². The van der Waals surface area contributed by atoms with Crippen LogP contribution in [0.1, 0.15) is 48.4 Å². The summed E-state index contributed by atoms with van der Waals surface area (Å²) in [7, 11) is 0. The van der Waals surface area contributed by atoms with E-state index in [4.69, 9.17) is 0 Å². The fraction of sp³-hybridized carbons (Fsp3) is 0.333. The van der Waals surface area contributed by atoms with Crippen LogP contribution in [0.15, 0.2) is 46.9 Å². The minimum Gasteiger partial charge on any atom is -0.377 e. The summed E-state index contributed by atoms with van der Waals surface area (Å²) in [5.74, 6) is 0.671. The first-order valence-electron chi connectivity index (χ1n) is 7.26. The molecular weight excluding hydrogens is 310 g/mol. The molecule has 0 aliphatic heterocycles. The zero-order valence-electron chi connectivity index (χ0n) is 12.0. The Hall–Kier alpha value is -1.28. The zero-order chi connectivity index (χ0) is 14.1. The van der Waals surface area contributed by atoms with Crippen LogP contribution in [-0.2, 0) is 0 Å². The van der Waals surface area contributed by atoms with Crippen molar-refractivity contribution in [2.45, 2.75) is 38.6 Å². The third kappa shape index (κ3) is 2.62. The molecular formula is C18H20BrN. The SMILES string of the molecule is Cc1ccc(Br)c(NC2CCC(C)c3ccccc32)c1. The van der Waals surface area contributed by atoms with Crippen LogP contribution in [0.5, 0.6) is 0 Å². The van der Waals surface area contributed by atoms with Gasteiger partial charge in [-0.1, -0.05) is 37.3 Å². The summed E-state index contributed by atoms with van der Waals surface area (Å²) < 4.78 is 1.14. The second-order valence-electron chi connectivity index (χ2n) is 5.79. The second kappa shape index (κ2) is 5.61. The molecule has 0 bridgehead atoms. The molecule has 2 unspecified atom stereocenters. The zero-order valence-corrected chi connectivity index (χ0v) is 13.6. The van der Waals surface area contributed by atoms with Gasteiger partial charge in [0.15, 0.2) is 0 Å². The van der Waals surface area contributed by atoms with Crippen molar-refractivity contribution in [3.8, 4) is 0 Å². The molecule has 0 spiro atoms. The Labute approximate surface area is 129 Å². The van der Waals surface area contributed by atoms with E-state index in [1.54, 1.807) is 0 Å². The van der Waals surface area contributed by atoms with Crippen molar-refractivity contribution in [3.05, 3.63) is 63.6 Å². The predicted molar refractivity (Wildman–Crippen MR) is 89.3 cm³/mol. The van der Waals surface area contributed by atoms with E-state index in [0.717, 1.165) is 4.47 Å². The van der Waals surface area contributed by atoms with Gasteiger partial charge in [0.05, 0.1) is 6.04 Å². The third-order valence-electron chi connectivity index (χ3n) is 4.24. The monoisotopic (exact) mass is 329 g/mol. The van der Waals surface area contributed by atoms with Crippen molar-refractivity contribution in [1.82, 2.24) is 0 Å². The lowest BCUT2D eigenvalue weighted by molar-refractivity contribution is 0.534. The molecule has 1 aliphatic carbocycles. The Morgan fingerprint density at radius 2 is 1.80 bits per heavy atom. The fourth-order valence-electron chi connectivity index (χ4n) is 3.09. The van der Waals surface area contributed by atoms with E-state index in [1.807, 2.05) is 0 Å². The van der Waals surface area contributed by atoms with Crippen LogP contribution < -0.4 is 5.32 Å². The van der Waals surface area contributed by atoms with Crippen molar-refractivity contribution in [2.75, 3.05) is 5.32 Å². The van der Waals surface area contributed by atoms with Crippen molar-refractivity contribution in [1.29, 1.82) is 0 Å². The molecule has 0 fully saturated rings. The fourth-order valence-corrected chi connectivity index (χ4v) is 3.45. The van der Waals surface area contributed by atoms with Gasteiger partial charge in [0.25, 0.3) is 0 Å². The van der Waals surface area contributed by atoms with E-state index in [0.29, 0.717) is 12.0 Å². The Morgan fingerprint density at radius 3 is 2.60 bits per heavy atom. The number of rotatable bonds is 2. The van der Waals surface area contributed by atoms with Crippen molar-refractivity contribution in [3.63, 3.8) is 0 Å². The molecule has 0 saturated heterocycles. The maximum Gasteiger partial charge on any atom is 0.0517 e. The molecule has 0 amide bonds. The van der Waals surface area contributed by atoms with Gasteiger partial charge in [-0.3, -0.25) is 0 Å². The minimum atomic E-state index is 0.417. The lowest BCUT2D eigenvalue weighted by atomic mass is 9.81. The molecule has 1 aliphatic rings. The van der Waals surface area contributed by atoms with E-state index in [2.05, 4.69) is 77.6 Å². The van der Waals surface area contributed by atoms with Crippen LogP contribution in [0.4, 0.5) is 5.69 Å². The topological polar surface area (TPSA) is 12.0 Å². The van der Waals surface area contributed by atoms with E-state index in [-0.39, 0.29) is 0 Å². The molecule has 0 aromatic heterocycles. The van der Waals surface area contributed by atoms with E-state index < -0.39 is 0 Å². The van der Waals surface area contributed by atoms with Gasteiger partial charge in [0.1, 0.15) is 0 Å². The van der Waals surface area contributed by atoms with Gasteiger partial charge in [-0.15, -0.1) is 0 Å². The molecule has 2 aromatic rings. The van der Waals surface area contributed by atoms with Crippen molar-refractivity contribution < 1.29 is 0 Å². The van der Waals surface area contributed by atoms with Crippen LogP contribution >= 0.6 is 15.9 Å². The molecule has 104 valence electrons. The molecule has 20 heavy (non-hydrogen) atoms. The van der Waals surface area contributed by atoms with Crippen LogP contribution in [0, 0.1) is 6.92 Å². The third-order valence-corrected chi connectivity index (χ3v) is 4.93. The number of aryl methyl sites for hydroxylation is 1. The van der Waals surface area contributed by atoms with E-state index in [9.17, 15) is 0 Å². The Kier molecular flexibility index (Phi) is 3.84. The average Bonchev–Trinajstić information content (AvgIpc) is 2.46. The van der Waals surface area contributed by atoms with Gasteiger partial charge in [-0.05, 0) is 70.4 Å². The van der Waals surface area contributed by atoms with Gasteiger partial charge < -0.3 is 5.32 Å². The first-order valence-corrected chi connectivity index (χ1v) is 8.06. The largest absolute Gasteiger partial charge is 0.377 e. The molecule has 1 nitrogen and oxygen atoms in total. The highest BCUT2D eigenvalue weighted by Gasteiger charge is 2.24. The number of halogens is 1. The number of benzene rings is 2. The first kappa shape index (κ1) is 13.7. The number of fused-ring (bicyclic) bond motifs is 1. The van der Waals surface area contributed by atoms with Crippen LogP contribution in [0.3, 0.4) is 0 Å². The lowest BCUT2D eigenvalue weighted by Crippen LogP contribution is -2.19. The second-order valence-corrected chi connectivity index (χ2v) is 6.64. The maximum atomic E-state index is 3.72. The van der Waals surface area contributed by atoms with Gasteiger partial charge in [-0.2, -0.15) is 0 Å². The minimum absolute atomic E-state index is 0.417. The molecule has 1 N–H and O–H groups in total. The molecule has 2 atom stereocenters.